The molecule has 0 amide bonds. The van der Waals surface area contributed by atoms with Crippen molar-refractivity contribution < 1.29 is 13.9 Å². The minimum Gasteiger partial charge on any atom is -0.489 e. The molecule has 3 aromatic carbocycles. The van der Waals surface area contributed by atoms with Gasteiger partial charge in [-0.05, 0) is 103 Å². The van der Waals surface area contributed by atoms with Gasteiger partial charge in [0.2, 0.25) is 0 Å². The Morgan fingerprint density at radius 1 is 1.03 bits per heavy atom. The van der Waals surface area contributed by atoms with Crippen LogP contribution < -0.4 is 4.74 Å². The van der Waals surface area contributed by atoms with Crippen LogP contribution in [0.4, 0.5) is 4.39 Å². The zero-order valence-corrected chi connectivity index (χ0v) is 23.1. The summed E-state index contributed by atoms with van der Waals surface area (Å²) in [6, 6.07) is 20.0. The summed E-state index contributed by atoms with van der Waals surface area (Å²) in [5.41, 5.74) is 7.39. The monoisotopic (exact) mass is 551 g/mol. The molecule has 38 heavy (non-hydrogen) atoms. The van der Waals surface area contributed by atoms with Crippen molar-refractivity contribution in [2.45, 2.75) is 45.1 Å². The molecule has 1 heterocycles. The largest absolute Gasteiger partial charge is 0.489 e. The third kappa shape index (κ3) is 5.98. The average Bonchev–Trinajstić information content (AvgIpc) is 3.26. The molecule has 1 unspecified atom stereocenters. The van der Waals surface area contributed by atoms with Crippen LogP contribution in [0, 0.1) is 0 Å². The number of alkyl halides is 1. The first-order valence-electron chi connectivity index (χ1n) is 13.3. The molecular formula is C32H32Cl2FNO2. The van der Waals surface area contributed by atoms with E-state index in [4.69, 9.17) is 27.9 Å². The number of halogens is 3. The van der Waals surface area contributed by atoms with Gasteiger partial charge in [-0.15, -0.1) is 0 Å². The minimum absolute atomic E-state index is 0.0696. The van der Waals surface area contributed by atoms with Gasteiger partial charge >= 0.3 is 0 Å². The van der Waals surface area contributed by atoms with Gasteiger partial charge in [0.05, 0.1) is 6.67 Å². The fourth-order valence-electron chi connectivity index (χ4n) is 5.61. The van der Waals surface area contributed by atoms with Crippen molar-refractivity contribution >= 4 is 40.1 Å². The first-order chi connectivity index (χ1) is 18.4. The summed E-state index contributed by atoms with van der Waals surface area (Å²) >= 11 is 12.9. The van der Waals surface area contributed by atoms with E-state index in [0.29, 0.717) is 16.5 Å². The number of benzene rings is 3. The molecule has 0 saturated carbocycles. The van der Waals surface area contributed by atoms with Crippen LogP contribution in [-0.2, 0) is 6.42 Å². The van der Waals surface area contributed by atoms with E-state index in [1.54, 1.807) is 13.0 Å². The lowest BCUT2D eigenvalue weighted by Gasteiger charge is -2.19. The average molecular weight is 553 g/mol. The Bertz CT molecular complexity index is 1350. The van der Waals surface area contributed by atoms with Crippen LogP contribution in [0.2, 0.25) is 10.0 Å². The summed E-state index contributed by atoms with van der Waals surface area (Å²) in [5.74, 6) is 0.902. The normalized spacial score (nSPS) is 17.8. The molecule has 0 spiro atoms. The van der Waals surface area contributed by atoms with Crippen LogP contribution in [0.1, 0.15) is 65.2 Å². The van der Waals surface area contributed by atoms with Crippen molar-refractivity contribution in [3.05, 3.63) is 98.5 Å². The Morgan fingerprint density at radius 3 is 2.55 bits per heavy atom. The molecule has 6 heteroatoms. The Morgan fingerprint density at radius 2 is 1.82 bits per heavy atom. The van der Waals surface area contributed by atoms with Crippen LogP contribution in [0.3, 0.4) is 0 Å². The summed E-state index contributed by atoms with van der Waals surface area (Å²) < 4.78 is 18.8. The molecule has 1 atom stereocenters. The third-order valence-electron chi connectivity index (χ3n) is 7.49. The molecule has 0 radical (unpaired) electrons. The quantitative estimate of drug-likeness (QED) is 0.263. The first-order valence-corrected chi connectivity index (χ1v) is 14.1. The number of allylic oxidation sites excluding steroid dienone is 1. The van der Waals surface area contributed by atoms with Gasteiger partial charge in [0, 0.05) is 35.2 Å². The lowest BCUT2D eigenvalue weighted by molar-refractivity contribution is 0.101. The van der Waals surface area contributed by atoms with Crippen LogP contribution in [0.5, 0.6) is 5.75 Å². The van der Waals surface area contributed by atoms with Crippen LogP contribution in [-0.4, -0.2) is 43.1 Å². The second-order valence-electron chi connectivity index (χ2n) is 10.2. The molecule has 198 valence electrons. The molecule has 3 aromatic rings. The van der Waals surface area contributed by atoms with Gasteiger partial charge in [-0.25, -0.2) is 0 Å². The highest BCUT2D eigenvalue weighted by atomic mass is 35.5. The molecule has 2 aliphatic rings. The van der Waals surface area contributed by atoms with Gasteiger partial charge in [-0.2, -0.15) is 0 Å². The molecular weight excluding hydrogens is 520 g/mol. The van der Waals surface area contributed by atoms with Gasteiger partial charge in [0.15, 0.2) is 5.78 Å². The van der Waals surface area contributed by atoms with Gasteiger partial charge in [0.25, 0.3) is 0 Å². The van der Waals surface area contributed by atoms with E-state index >= 15 is 0 Å². The molecule has 0 aromatic heterocycles. The summed E-state index contributed by atoms with van der Waals surface area (Å²) in [6.45, 7) is 3.89. The number of likely N-dealkylation sites (tertiary alicyclic amines) is 1. The van der Waals surface area contributed by atoms with Crippen molar-refractivity contribution in [2.75, 3.05) is 26.3 Å². The Labute approximate surface area is 234 Å². The predicted molar refractivity (Wildman–Crippen MR) is 154 cm³/mol. The van der Waals surface area contributed by atoms with Gasteiger partial charge in [-0.1, -0.05) is 53.5 Å². The van der Waals surface area contributed by atoms with Gasteiger partial charge in [0.1, 0.15) is 11.9 Å². The minimum atomic E-state index is -0.276. The number of hydrogen-bond acceptors (Lipinski definition) is 3. The standard InChI is InChI=1S/C32H32Cl2FNO2/c1-21(37)23-8-12-28-24(18-23)4-2-5-30(29-13-9-25(33)19-31(29)34)32(28)22-6-10-26(11-7-22)38-27-14-17-36(20-27)16-3-15-35/h6-13,18-19,27H,2-5,14-17,20H2,1H3. The number of fused-ring (bicyclic) bond motifs is 1. The van der Waals surface area contributed by atoms with E-state index in [1.807, 2.05) is 36.4 Å². The second-order valence-corrected chi connectivity index (χ2v) is 11.0. The SMILES string of the molecule is CC(=O)c1ccc2c(c1)CCCC(c1ccc(Cl)cc1Cl)=C2c1ccc(OC2CCN(CCCF)C2)cc1. The Hall–Kier alpha value is -2.66. The fourth-order valence-corrected chi connectivity index (χ4v) is 6.13. The number of rotatable bonds is 8. The van der Waals surface area contributed by atoms with E-state index < -0.39 is 0 Å². The van der Waals surface area contributed by atoms with Crippen LogP contribution in [0.15, 0.2) is 60.7 Å². The van der Waals surface area contributed by atoms with E-state index in [9.17, 15) is 9.18 Å². The number of hydrogen-bond donors (Lipinski definition) is 0. The topological polar surface area (TPSA) is 29.5 Å². The number of ether oxygens (including phenoxy) is 1. The Kier molecular flexibility index (Phi) is 8.52. The molecule has 1 saturated heterocycles. The fraction of sp³-hybridized carbons (Fsp3) is 0.344. The number of aryl methyl sites for hydroxylation is 1. The number of nitrogens with zero attached hydrogens (tertiary/aromatic N) is 1. The van der Waals surface area contributed by atoms with Crippen molar-refractivity contribution in [2.24, 2.45) is 0 Å². The van der Waals surface area contributed by atoms with Crippen molar-refractivity contribution in [1.82, 2.24) is 4.90 Å². The highest BCUT2D eigenvalue weighted by Gasteiger charge is 2.25. The van der Waals surface area contributed by atoms with Crippen molar-refractivity contribution in [3.63, 3.8) is 0 Å². The van der Waals surface area contributed by atoms with Crippen LogP contribution in [0.25, 0.3) is 11.1 Å². The van der Waals surface area contributed by atoms with Gasteiger partial charge < -0.3 is 4.74 Å². The van der Waals surface area contributed by atoms with E-state index in [2.05, 4.69) is 23.1 Å². The van der Waals surface area contributed by atoms with Crippen LogP contribution >= 0.6 is 23.2 Å². The van der Waals surface area contributed by atoms with E-state index in [0.717, 1.165) is 78.9 Å². The predicted octanol–water partition coefficient (Wildman–Crippen LogP) is 8.30. The summed E-state index contributed by atoms with van der Waals surface area (Å²) in [6.07, 6.45) is 4.34. The molecule has 1 fully saturated rings. The zero-order valence-electron chi connectivity index (χ0n) is 21.6. The van der Waals surface area contributed by atoms with E-state index in [-0.39, 0.29) is 18.6 Å². The molecule has 0 N–H and O–H groups in total. The molecule has 0 bridgehead atoms. The molecule has 5 rings (SSSR count). The number of carbonyl (C=O) groups excluding carboxylic acids is 1. The molecule has 3 nitrogen and oxygen atoms in total. The molecule has 1 aliphatic carbocycles. The highest BCUT2D eigenvalue weighted by Crippen LogP contribution is 2.42. The molecule has 1 aliphatic heterocycles. The lowest BCUT2D eigenvalue weighted by atomic mass is 9.87. The number of ketones is 1. The van der Waals surface area contributed by atoms with Gasteiger partial charge in [-0.3, -0.25) is 14.1 Å². The number of Topliss-reactive ketones (excluding diaryl/α,β-unsaturated/α-hetero) is 1. The maximum Gasteiger partial charge on any atom is 0.159 e. The van der Waals surface area contributed by atoms with Crippen molar-refractivity contribution in [1.29, 1.82) is 0 Å². The summed E-state index contributed by atoms with van der Waals surface area (Å²) in [4.78, 5) is 14.4. The smallest absolute Gasteiger partial charge is 0.159 e. The summed E-state index contributed by atoms with van der Waals surface area (Å²) in [5, 5.41) is 1.24. The zero-order chi connectivity index (χ0) is 26.6. The van der Waals surface area contributed by atoms with E-state index in [1.165, 1.54) is 11.1 Å². The van der Waals surface area contributed by atoms with Crippen molar-refractivity contribution in [3.8, 4) is 5.75 Å². The maximum absolute atomic E-state index is 12.5. The lowest BCUT2D eigenvalue weighted by Crippen LogP contribution is -2.26. The number of carbonyl (C=O) groups is 1. The second kappa shape index (κ2) is 12.0. The Balaban J connectivity index is 1.51. The highest BCUT2D eigenvalue weighted by molar-refractivity contribution is 6.36. The first kappa shape index (κ1) is 26.9. The third-order valence-corrected chi connectivity index (χ3v) is 8.04. The maximum atomic E-state index is 12.5. The summed E-state index contributed by atoms with van der Waals surface area (Å²) in [7, 11) is 0.